The predicted molar refractivity (Wildman–Crippen MR) is 195 cm³/mol. The van der Waals surface area contributed by atoms with E-state index in [0.717, 1.165) is 35.8 Å². The van der Waals surface area contributed by atoms with Crippen molar-refractivity contribution in [3.8, 4) is 0 Å². The number of benzene rings is 3. The minimum absolute atomic E-state index is 0.200. The van der Waals surface area contributed by atoms with Gasteiger partial charge in [-0.1, -0.05) is 68.8 Å². The van der Waals surface area contributed by atoms with Crippen molar-refractivity contribution in [1.29, 1.82) is 0 Å². The van der Waals surface area contributed by atoms with Crippen molar-refractivity contribution in [2.45, 2.75) is 115 Å². The third-order valence-corrected chi connectivity index (χ3v) is 12.4. The number of anilines is 1. The van der Waals surface area contributed by atoms with Gasteiger partial charge in [-0.15, -0.1) is 0 Å². The van der Waals surface area contributed by atoms with Crippen molar-refractivity contribution < 1.29 is 27.0 Å². The number of hydrogen-bond donors (Lipinski definition) is 2. The maximum atomic E-state index is 13.2. The standard InChI is InChI=1S/C37H52B2N2O6S/c1-10-29(26(2)24-37(9)36(7,8)46-39(47-37)30-14-18-32(40)19-15-30)23-27-12-11-13-28(22-27)25-41-48(42,43)33-20-16-31(17-21-33)38-44-34(3,4)35(5,6)45-38/h11-22,26,29,41H,10,23-25,40H2,1-9H3/t26-,29?,37?/m0/s1. The molecule has 2 fully saturated rings. The fraction of sp³-hybridized carbons (Fsp3) is 0.514. The Kier molecular flexibility index (Phi) is 10.4. The van der Waals surface area contributed by atoms with Crippen LogP contribution in [0.4, 0.5) is 5.69 Å². The van der Waals surface area contributed by atoms with Gasteiger partial charge in [0, 0.05) is 12.2 Å². The number of nitrogens with one attached hydrogen (secondary N) is 1. The molecule has 11 heteroatoms. The summed E-state index contributed by atoms with van der Waals surface area (Å²) in [6, 6.07) is 22.6. The van der Waals surface area contributed by atoms with Gasteiger partial charge >= 0.3 is 14.2 Å². The Balaban J connectivity index is 1.19. The van der Waals surface area contributed by atoms with Gasteiger partial charge in [-0.2, -0.15) is 0 Å². The second-order valence-electron chi connectivity index (χ2n) is 15.3. The van der Waals surface area contributed by atoms with Crippen molar-refractivity contribution in [3.05, 3.63) is 83.9 Å². The first-order valence-corrected chi connectivity index (χ1v) is 18.6. The lowest BCUT2D eigenvalue weighted by Gasteiger charge is -2.40. The monoisotopic (exact) mass is 674 g/mol. The summed E-state index contributed by atoms with van der Waals surface area (Å²) in [5.41, 5.74) is 8.57. The SMILES string of the molecule is CCC(Cc1cccc(CNS(=O)(=O)c2ccc(B3OC(C)(C)C(C)(C)O3)cc2)c1)[C@@H](C)CC1(C)OB(c2ccc(N)cc2)OC1(C)C. The summed E-state index contributed by atoms with van der Waals surface area (Å²) in [7, 11) is -4.70. The first-order chi connectivity index (χ1) is 22.3. The number of rotatable bonds is 12. The zero-order valence-electron chi connectivity index (χ0n) is 30.0. The van der Waals surface area contributed by atoms with E-state index in [1.165, 1.54) is 5.56 Å². The Bertz CT molecular complexity index is 1660. The summed E-state index contributed by atoms with van der Waals surface area (Å²) in [6.07, 6.45) is 2.74. The van der Waals surface area contributed by atoms with E-state index in [4.69, 9.17) is 24.4 Å². The normalized spacial score (nSPS) is 22.9. The summed E-state index contributed by atoms with van der Waals surface area (Å²) in [5.74, 6) is 0.765. The molecule has 0 amide bonds. The quantitative estimate of drug-likeness (QED) is 0.190. The highest BCUT2D eigenvalue weighted by atomic mass is 32.2. The fourth-order valence-corrected chi connectivity index (χ4v) is 7.64. The molecular formula is C37H52B2N2O6S. The Labute approximate surface area is 288 Å². The molecule has 2 aliphatic rings. The van der Waals surface area contributed by atoms with E-state index in [1.807, 2.05) is 64.1 Å². The van der Waals surface area contributed by atoms with Crippen LogP contribution in [0.3, 0.4) is 0 Å². The molecule has 0 spiro atoms. The molecular weight excluding hydrogens is 622 g/mol. The molecule has 0 saturated carbocycles. The summed E-state index contributed by atoms with van der Waals surface area (Å²) in [4.78, 5) is 0.201. The summed E-state index contributed by atoms with van der Waals surface area (Å²) in [6.45, 7) is 19.1. The third kappa shape index (κ3) is 7.72. The van der Waals surface area contributed by atoms with Crippen LogP contribution < -0.4 is 21.4 Å². The summed E-state index contributed by atoms with van der Waals surface area (Å²) in [5, 5.41) is 0. The van der Waals surface area contributed by atoms with Gasteiger partial charge in [0.05, 0.1) is 27.3 Å². The second kappa shape index (κ2) is 13.6. The average molecular weight is 675 g/mol. The van der Waals surface area contributed by atoms with Gasteiger partial charge in [-0.05, 0) is 119 Å². The molecule has 3 aromatic carbocycles. The smallest absolute Gasteiger partial charge is 0.399 e. The first kappa shape index (κ1) is 36.6. The number of hydrogen-bond acceptors (Lipinski definition) is 7. The number of nitrogens with two attached hydrogens (primary N) is 1. The van der Waals surface area contributed by atoms with Crippen LogP contribution in [0.5, 0.6) is 0 Å². The maximum Gasteiger partial charge on any atom is 0.494 e. The minimum atomic E-state index is -3.72. The van der Waals surface area contributed by atoms with E-state index in [-0.39, 0.29) is 11.4 Å². The third-order valence-electron chi connectivity index (χ3n) is 11.0. The van der Waals surface area contributed by atoms with Crippen molar-refractivity contribution in [3.63, 3.8) is 0 Å². The van der Waals surface area contributed by atoms with E-state index in [1.54, 1.807) is 24.3 Å². The second-order valence-corrected chi connectivity index (χ2v) is 17.1. The molecule has 0 bridgehead atoms. The Morgan fingerprint density at radius 2 is 1.27 bits per heavy atom. The zero-order chi connectivity index (χ0) is 35.1. The highest BCUT2D eigenvalue weighted by Gasteiger charge is 2.55. The van der Waals surface area contributed by atoms with Crippen LogP contribution in [0.2, 0.25) is 0 Å². The molecule has 0 aromatic heterocycles. The average Bonchev–Trinajstić information content (AvgIpc) is 3.39. The topological polar surface area (TPSA) is 109 Å². The molecule has 0 radical (unpaired) electrons. The van der Waals surface area contributed by atoms with E-state index < -0.39 is 46.7 Å². The van der Waals surface area contributed by atoms with Crippen LogP contribution in [0.1, 0.15) is 86.3 Å². The Morgan fingerprint density at radius 3 is 1.85 bits per heavy atom. The molecule has 3 aromatic rings. The molecule has 48 heavy (non-hydrogen) atoms. The molecule has 8 nitrogen and oxygen atoms in total. The van der Waals surface area contributed by atoms with E-state index in [0.29, 0.717) is 17.5 Å². The number of nitrogen functional groups attached to an aromatic ring is 1. The lowest BCUT2D eigenvalue weighted by molar-refractivity contribution is -0.0311. The van der Waals surface area contributed by atoms with Gasteiger partial charge in [0.1, 0.15) is 0 Å². The van der Waals surface area contributed by atoms with Crippen LogP contribution in [-0.4, -0.2) is 45.1 Å². The van der Waals surface area contributed by atoms with Crippen molar-refractivity contribution in [2.75, 3.05) is 5.73 Å². The highest BCUT2D eigenvalue weighted by Crippen LogP contribution is 2.43. The zero-order valence-corrected chi connectivity index (χ0v) is 30.8. The molecule has 2 saturated heterocycles. The predicted octanol–water partition coefficient (Wildman–Crippen LogP) is 5.62. The van der Waals surface area contributed by atoms with Gasteiger partial charge in [0.2, 0.25) is 10.0 Å². The van der Waals surface area contributed by atoms with Gasteiger partial charge in [0.15, 0.2) is 0 Å². The molecule has 2 heterocycles. The Hall–Kier alpha value is -2.66. The first-order valence-electron chi connectivity index (χ1n) is 17.1. The summed E-state index contributed by atoms with van der Waals surface area (Å²) < 4.78 is 54.5. The molecule has 258 valence electrons. The summed E-state index contributed by atoms with van der Waals surface area (Å²) >= 11 is 0. The molecule has 2 aliphatic heterocycles. The molecule has 3 N–H and O–H groups in total. The van der Waals surface area contributed by atoms with Crippen molar-refractivity contribution in [1.82, 2.24) is 4.72 Å². The van der Waals surface area contributed by atoms with Gasteiger partial charge < -0.3 is 24.4 Å². The van der Waals surface area contributed by atoms with Gasteiger partial charge in [-0.25, -0.2) is 13.1 Å². The minimum Gasteiger partial charge on any atom is -0.399 e. The van der Waals surface area contributed by atoms with Crippen LogP contribution >= 0.6 is 0 Å². The molecule has 3 atom stereocenters. The number of sulfonamides is 1. The van der Waals surface area contributed by atoms with Gasteiger partial charge in [0.25, 0.3) is 0 Å². The maximum absolute atomic E-state index is 13.2. The molecule has 0 aliphatic carbocycles. The fourth-order valence-electron chi connectivity index (χ4n) is 6.62. The highest BCUT2D eigenvalue weighted by molar-refractivity contribution is 7.89. The van der Waals surface area contributed by atoms with Crippen LogP contribution in [-0.2, 0) is 41.6 Å². The van der Waals surface area contributed by atoms with E-state index in [9.17, 15) is 8.42 Å². The van der Waals surface area contributed by atoms with E-state index in [2.05, 4.69) is 51.5 Å². The van der Waals surface area contributed by atoms with Crippen molar-refractivity contribution in [2.24, 2.45) is 11.8 Å². The van der Waals surface area contributed by atoms with Gasteiger partial charge in [-0.3, -0.25) is 0 Å². The molecule has 2 unspecified atom stereocenters. The Morgan fingerprint density at radius 1 is 0.750 bits per heavy atom. The largest absolute Gasteiger partial charge is 0.494 e. The van der Waals surface area contributed by atoms with Crippen LogP contribution in [0, 0.1) is 11.8 Å². The molecule has 5 rings (SSSR count). The lowest BCUT2D eigenvalue weighted by Crippen LogP contribution is -2.46. The van der Waals surface area contributed by atoms with Crippen LogP contribution in [0.15, 0.2) is 77.7 Å². The van der Waals surface area contributed by atoms with Crippen molar-refractivity contribution >= 4 is 40.9 Å². The van der Waals surface area contributed by atoms with E-state index >= 15 is 0 Å². The van der Waals surface area contributed by atoms with Crippen LogP contribution in [0.25, 0.3) is 0 Å². The lowest BCUT2D eigenvalue weighted by atomic mass is 9.74.